The monoisotopic (exact) mass is 359 g/mol. The van der Waals surface area contributed by atoms with Gasteiger partial charge in [0.25, 0.3) is 0 Å². The van der Waals surface area contributed by atoms with Crippen LogP contribution in [0.15, 0.2) is 68.3 Å². The smallest absolute Gasteiger partial charge is 0.192 e. The van der Waals surface area contributed by atoms with Gasteiger partial charge in [-0.15, -0.1) is 0 Å². The maximum Gasteiger partial charge on any atom is 1.08 e. The zero-order chi connectivity index (χ0) is 14.1. The summed E-state index contributed by atoms with van der Waals surface area (Å²) in [5, 5.41) is 8.46. The second-order valence-electron chi connectivity index (χ2n) is 4.59. The Labute approximate surface area is 156 Å². The average Bonchev–Trinajstić information content (AvgIpc) is 3.32. The summed E-state index contributed by atoms with van der Waals surface area (Å²) in [7, 11) is 0. The molecule has 0 N–H and O–H groups in total. The summed E-state index contributed by atoms with van der Waals surface area (Å²) in [5.41, 5.74) is 8.67. The van der Waals surface area contributed by atoms with E-state index in [0.29, 0.717) is 0 Å². The van der Waals surface area contributed by atoms with Gasteiger partial charge in [-0.1, -0.05) is 45.3 Å². The summed E-state index contributed by atoms with van der Waals surface area (Å²) in [5.74, 6) is 0. The molecule has 106 valence electrons. The minimum absolute atomic E-state index is 0. The van der Waals surface area contributed by atoms with Crippen LogP contribution in [0.5, 0.6) is 0 Å². The molecule has 0 fully saturated rings. The van der Waals surface area contributed by atoms with Gasteiger partial charge in [-0.2, -0.15) is 17.9 Å². The molecule has 0 aliphatic rings. The second-order valence-corrected chi connectivity index (χ2v) is 7.61. The van der Waals surface area contributed by atoms with Crippen LogP contribution in [0.2, 0.25) is 0 Å². The van der Waals surface area contributed by atoms with E-state index in [1.165, 1.54) is 0 Å². The molecule has 0 spiro atoms. The topological polar surface area (TPSA) is 15.5 Å². The van der Waals surface area contributed by atoms with Gasteiger partial charge in [-0.05, 0) is 0 Å². The molecule has 22 heavy (non-hydrogen) atoms. The molecule has 4 aromatic heterocycles. The van der Waals surface area contributed by atoms with E-state index in [0.717, 1.165) is 0 Å². The van der Waals surface area contributed by atoms with Gasteiger partial charge in [0.05, 0.1) is 21.5 Å². The predicted molar refractivity (Wildman–Crippen MR) is 92.6 cm³/mol. The fourth-order valence-corrected chi connectivity index (χ4v) is 5.32. The number of rotatable bonds is 4. The van der Waals surface area contributed by atoms with Gasteiger partial charge in [-0.3, -0.25) is 0 Å². The van der Waals surface area contributed by atoms with Crippen molar-refractivity contribution in [2.24, 2.45) is 0 Å². The van der Waals surface area contributed by atoms with Crippen LogP contribution < -0.4 is 17.9 Å². The molecular formula is C12H13BLiN4S4+3. The van der Waals surface area contributed by atoms with Crippen molar-refractivity contribution in [1.29, 1.82) is 0 Å². The quantitative estimate of drug-likeness (QED) is 0.468. The molecule has 4 aromatic rings. The molecule has 0 saturated carbocycles. The fraction of sp³-hybridized carbons (Fsp3) is 0. The van der Waals surface area contributed by atoms with Gasteiger partial charge < -0.3 is 0 Å². The maximum absolute atomic E-state index is 2.29. The largest absolute Gasteiger partial charge is 1.08 e. The van der Waals surface area contributed by atoms with E-state index >= 15 is 0 Å². The average molecular weight is 359 g/mol. The Balaban J connectivity index is 0.00000144. The summed E-state index contributed by atoms with van der Waals surface area (Å²) in [6, 6.07) is 0. The fourth-order valence-electron chi connectivity index (χ4n) is 2.70. The molecule has 10 heteroatoms. The van der Waals surface area contributed by atoms with E-state index in [4.69, 9.17) is 0 Å². The minimum atomic E-state index is -1.35. The van der Waals surface area contributed by atoms with E-state index < -0.39 is 6.69 Å². The molecule has 0 aromatic carbocycles. The Bertz CT molecular complexity index is 657. The normalized spacial score (nSPS) is 11.3. The molecule has 4 heterocycles. The van der Waals surface area contributed by atoms with Crippen molar-refractivity contribution >= 4 is 70.9 Å². The zero-order valence-corrected chi connectivity index (χ0v) is 14.2. The summed E-state index contributed by atoms with van der Waals surface area (Å²) in [4.78, 5) is 0. The van der Waals surface area contributed by atoms with E-state index in [2.05, 4.69) is 86.3 Å². The van der Waals surface area contributed by atoms with Gasteiger partial charge in [0.1, 0.15) is 24.8 Å². The molecule has 4 rings (SSSR count). The molecule has 0 radical (unpaired) electrons. The predicted octanol–water partition coefficient (Wildman–Crippen LogP) is 0.363. The van der Waals surface area contributed by atoms with Crippen LogP contribution in [0.3, 0.4) is 0 Å². The van der Waals surface area contributed by atoms with Gasteiger partial charge >= 0.3 is 25.5 Å². The Morgan fingerprint density at radius 1 is 0.500 bits per heavy atom. The van der Waals surface area contributed by atoms with E-state index in [1.54, 1.807) is 45.3 Å². The zero-order valence-electron chi connectivity index (χ0n) is 10.9. The van der Waals surface area contributed by atoms with Crippen LogP contribution in [-0.2, 0) is 0 Å². The number of thiazole rings is 4. The number of hydrogen-bond donors (Lipinski definition) is 0. The summed E-state index contributed by atoms with van der Waals surface area (Å²) >= 11 is 6.83. The standard InChI is InChI=1S/C12H12BN4S4.Li.H/c1-5-18-9-14(1)13(15-2-6-19-10-15,16-3-7-20-11-16)17-4-8-21-12-17;;/h1-12H;;/q+3;;. The molecular weight excluding hydrogens is 346 g/mol. The van der Waals surface area contributed by atoms with Crippen LogP contribution in [0.1, 0.15) is 0 Å². The third kappa shape index (κ3) is 2.42. The molecule has 0 aliphatic heterocycles. The third-order valence-corrected chi connectivity index (χ3v) is 6.15. The van der Waals surface area contributed by atoms with Gasteiger partial charge in [-0.25, -0.2) is 0 Å². The number of aromatic nitrogens is 4. The van der Waals surface area contributed by atoms with Crippen molar-refractivity contribution in [3.8, 4) is 0 Å². The van der Waals surface area contributed by atoms with Crippen LogP contribution in [0.25, 0.3) is 0 Å². The molecule has 0 aliphatic carbocycles. The van der Waals surface area contributed by atoms with Crippen LogP contribution >= 0.6 is 45.3 Å². The van der Waals surface area contributed by atoms with Crippen LogP contribution in [0, 0.1) is 0 Å². The van der Waals surface area contributed by atoms with Crippen molar-refractivity contribution in [1.82, 2.24) is 0 Å². The molecule has 4 nitrogen and oxygen atoms in total. The van der Waals surface area contributed by atoms with Crippen molar-refractivity contribution in [3.05, 3.63) is 68.3 Å². The molecule has 0 saturated heterocycles. The Hall–Kier alpha value is -0.818. The Kier molecular flexibility index (Phi) is 4.92. The number of hydrogen-bond acceptors (Lipinski definition) is 4. The van der Waals surface area contributed by atoms with Crippen molar-refractivity contribution in [2.75, 3.05) is 0 Å². The minimum Gasteiger partial charge on any atom is -0.192 e. The molecule has 0 atom stereocenters. The first-order chi connectivity index (χ1) is 10.4. The second kappa shape index (κ2) is 6.74. The van der Waals surface area contributed by atoms with E-state index in [1.807, 2.05) is 0 Å². The Morgan fingerprint density at radius 2 is 0.773 bits per heavy atom. The Morgan fingerprint density at radius 3 is 0.955 bits per heavy atom. The molecule has 0 unspecified atom stereocenters. The summed E-state index contributed by atoms with van der Waals surface area (Å²) in [6.45, 7) is -1.35. The van der Waals surface area contributed by atoms with Crippen LogP contribution in [-0.4, -0.2) is 25.5 Å². The van der Waals surface area contributed by atoms with Gasteiger partial charge in [0, 0.05) is 0 Å². The summed E-state index contributed by atoms with van der Waals surface area (Å²) in [6.07, 6.45) is 8.57. The number of nitrogens with zero attached hydrogens (tertiary/aromatic N) is 4. The van der Waals surface area contributed by atoms with Crippen molar-refractivity contribution < 1.29 is 17.9 Å². The SMILES string of the molecule is [LiH].c1c[n+]([B-]([n+]2ccsc2)([n+]2ccsc2)[n+]2ccsc2)cs1. The summed E-state index contributed by atoms with van der Waals surface area (Å²) < 4.78 is 9.15. The van der Waals surface area contributed by atoms with E-state index in [-0.39, 0.29) is 18.9 Å². The van der Waals surface area contributed by atoms with Gasteiger partial charge in [0.2, 0.25) is 0 Å². The first kappa shape index (κ1) is 16.1. The van der Waals surface area contributed by atoms with Gasteiger partial charge in [0.15, 0.2) is 22.0 Å². The van der Waals surface area contributed by atoms with Crippen LogP contribution in [0.4, 0.5) is 0 Å². The maximum atomic E-state index is 2.29. The third-order valence-electron chi connectivity index (χ3n) is 3.58. The van der Waals surface area contributed by atoms with Crippen molar-refractivity contribution in [2.45, 2.75) is 0 Å². The van der Waals surface area contributed by atoms with E-state index in [9.17, 15) is 0 Å². The first-order valence-corrected chi connectivity index (χ1v) is 10.1. The first-order valence-electron chi connectivity index (χ1n) is 6.32. The van der Waals surface area contributed by atoms with Crippen molar-refractivity contribution in [3.63, 3.8) is 0 Å². The molecule has 0 bridgehead atoms. The molecule has 0 amide bonds.